The van der Waals surface area contributed by atoms with Crippen LogP contribution in [0.1, 0.15) is 27.2 Å². The monoisotopic (exact) mass is 287 g/mol. The summed E-state index contributed by atoms with van der Waals surface area (Å²) in [4.78, 5) is 13.5. The van der Waals surface area contributed by atoms with Gasteiger partial charge in [0.2, 0.25) is 0 Å². The highest BCUT2D eigenvalue weighted by Crippen LogP contribution is 2.21. The van der Waals surface area contributed by atoms with Gasteiger partial charge in [0.1, 0.15) is 4.88 Å². The summed E-state index contributed by atoms with van der Waals surface area (Å²) in [5, 5.41) is 6.74. The molecule has 0 aliphatic heterocycles. The number of hydrogen-bond acceptors (Lipinski definition) is 5. The molecule has 2 heterocycles. The third-order valence-corrected chi connectivity index (χ3v) is 4.15. The van der Waals surface area contributed by atoms with Crippen LogP contribution in [-0.4, -0.2) is 15.5 Å². The van der Waals surface area contributed by atoms with Crippen molar-refractivity contribution in [3.8, 4) is 0 Å². The molecule has 0 radical (unpaired) electrons. The Morgan fingerprint density at radius 1 is 1.53 bits per heavy atom. The van der Waals surface area contributed by atoms with Crippen LogP contribution in [0, 0.1) is 0 Å². The molecule has 1 N–H and O–H groups in total. The lowest BCUT2D eigenvalue weighted by atomic mass is 10.3. The zero-order valence-electron chi connectivity index (χ0n) is 9.07. The van der Waals surface area contributed by atoms with Gasteiger partial charge in [0.25, 0.3) is 5.91 Å². The predicted octanol–water partition coefficient (Wildman–Crippen LogP) is 2.75. The summed E-state index contributed by atoms with van der Waals surface area (Å²) >= 11 is 8.40. The lowest BCUT2D eigenvalue weighted by Gasteiger charge is -2.01. The molecule has 2 rings (SSSR count). The summed E-state index contributed by atoms with van der Waals surface area (Å²) in [7, 11) is 0. The number of hydrogen-bond donors (Lipinski definition) is 1. The predicted molar refractivity (Wildman–Crippen MR) is 69.8 cm³/mol. The topological polar surface area (TPSA) is 54.9 Å². The van der Waals surface area contributed by atoms with E-state index < -0.39 is 0 Å². The highest BCUT2D eigenvalue weighted by Gasteiger charge is 2.14. The molecule has 4 nitrogen and oxygen atoms in total. The van der Waals surface area contributed by atoms with E-state index in [4.69, 9.17) is 11.6 Å². The minimum Gasteiger partial charge on any atom is -0.346 e. The molecule has 0 unspecified atom stereocenters. The normalized spacial score (nSPS) is 10.5. The van der Waals surface area contributed by atoms with Crippen molar-refractivity contribution >= 4 is 40.4 Å². The summed E-state index contributed by atoms with van der Waals surface area (Å²) < 4.78 is 4.51. The lowest BCUT2D eigenvalue weighted by molar-refractivity contribution is 0.0954. The summed E-state index contributed by atoms with van der Waals surface area (Å²) in [5.41, 5.74) is 0.747. The Morgan fingerprint density at radius 3 is 3.00 bits per heavy atom. The van der Waals surface area contributed by atoms with E-state index in [1.54, 1.807) is 0 Å². The van der Waals surface area contributed by atoms with Crippen LogP contribution in [0.15, 0.2) is 12.1 Å². The van der Waals surface area contributed by atoms with E-state index in [0.717, 1.165) is 26.4 Å². The van der Waals surface area contributed by atoms with E-state index in [0.29, 0.717) is 17.8 Å². The Kier molecular flexibility index (Phi) is 4.09. The maximum absolute atomic E-state index is 11.9. The average molecular weight is 288 g/mol. The number of aryl methyl sites for hydroxylation is 1. The van der Waals surface area contributed by atoms with Crippen molar-refractivity contribution in [1.29, 1.82) is 0 Å². The van der Waals surface area contributed by atoms with Crippen LogP contribution >= 0.6 is 34.5 Å². The Balaban J connectivity index is 1.98. The fourth-order valence-corrected chi connectivity index (χ4v) is 3.00. The van der Waals surface area contributed by atoms with Gasteiger partial charge in [0, 0.05) is 4.88 Å². The molecule has 0 bridgehead atoms. The summed E-state index contributed by atoms with van der Waals surface area (Å²) in [6.07, 6.45) is 0.712. The van der Waals surface area contributed by atoms with E-state index >= 15 is 0 Å². The number of nitrogens with zero attached hydrogens (tertiary/aromatic N) is 2. The lowest BCUT2D eigenvalue weighted by Crippen LogP contribution is -2.22. The second kappa shape index (κ2) is 5.57. The Labute approximate surface area is 112 Å². The first kappa shape index (κ1) is 12.5. The second-order valence-corrected chi connectivity index (χ2v) is 5.84. The third-order valence-electron chi connectivity index (χ3n) is 2.15. The quantitative estimate of drug-likeness (QED) is 0.941. The molecule has 0 saturated heterocycles. The van der Waals surface area contributed by atoms with Gasteiger partial charge in [-0.05, 0) is 30.1 Å². The van der Waals surface area contributed by atoms with Crippen molar-refractivity contribution in [2.75, 3.05) is 0 Å². The van der Waals surface area contributed by atoms with Crippen molar-refractivity contribution in [2.24, 2.45) is 0 Å². The van der Waals surface area contributed by atoms with Gasteiger partial charge in [-0.1, -0.05) is 23.0 Å². The molecule has 0 aliphatic carbocycles. The van der Waals surface area contributed by atoms with E-state index in [1.807, 2.05) is 19.1 Å². The number of halogens is 1. The zero-order chi connectivity index (χ0) is 12.3. The van der Waals surface area contributed by atoms with Gasteiger partial charge in [-0.3, -0.25) is 4.79 Å². The molecule has 0 saturated carbocycles. The maximum atomic E-state index is 11.9. The Morgan fingerprint density at radius 2 is 2.35 bits per heavy atom. The standard InChI is InChI=1S/C10H10ClN3OS2/c1-2-7-9(17-14-13-7)10(15)12-5-6-3-4-8(11)16-6/h3-4H,2,5H2,1H3,(H,12,15). The van der Waals surface area contributed by atoms with E-state index in [1.165, 1.54) is 11.3 Å². The van der Waals surface area contributed by atoms with E-state index in [2.05, 4.69) is 14.9 Å². The number of aromatic nitrogens is 2. The first-order valence-electron chi connectivity index (χ1n) is 5.04. The van der Waals surface area contributed by atoms with Crippen LogP contribution in [0.3, 0.4) is 0 Å². The van der Waals surface area contributed by atoms with Crippen molar-refractivity contribution in [2.45, 2.75) is 19.9 Å². The molecule has 90 valence electrons. The minimum absolute atomic E-state index is 0.124. The van der Waals surface area contributed by atoms with Gasteiger partial charge in [-0.25, -0.2) is 0 Å². The fraction of sp³-hybridized carbons (Fsp3) is 0.300. The van der Waals surface area contributed by atoms with Crippen molar-refractivity contribution in [1.82, 2.24) is 14.9 Å². The van der Waals surface area contributed by atoms with E-state index in [9.17, 15) is 4.79 Å². The summed E-state index contributed by atoms with van der Waals surface area (Å²) in [6.45, 7) is 2.43. The van der Waals surface area contributed by atoms with E-state index in [-0.39, 0.29) is 5.91 Å². The van der Waals surface area contributed by atoms with Crippen LogP contribution in [0.4, 0.5) is 0 Å². The fourth-order valence-electron chi connectivity index (χ4n) is 1.31. The van der Waals surface area contributed by atoms with Crippen molar-refractivity contribution in [3.63, 3.8) is 0 Å². The minimum atomic E-state index is -0.124. The number of rotatable bonds is 4. The van der Waals surface area contributed by atoms with Gasteiger partial charge in [-0.2, -0.15) is 0 Å². The highest BCUT2D eigenvalue weighted by atomic mass is 35.5. The van der Waals surface area contributed by atoms with Crippen LogP contribution in [0.25, 0.3) is 0 Å². The first-order valence-corrected chi connectivity index (χ1v) is 7.01. The molecule has 2 aromatic heterocycles. The molecule has 0 aromatic carbocycles. The van der Waals surface area contributed by atoms with Crippen LogP contribution < -0.4 is 5.32 Å². The number of carbonyl (C=O) groups excluding carboxylic acids is 1. The average Bonchev–Trinajstić information content (AvgIpc) is 2.94. The largest absolute Gasteiger partial charge is 0.346 e. The maximum Gasteiger partial charge on any atom is 0.265 e. The molecular weight excluding hydrogens is 278 g/mol. The molecular formula is C10H10ClN3OS2. The van der Waals surface area contributed by atoms with Gasteiger partial charge >= 0.3 is 0 Å². The van der Waals surface area contributed by atoms with Gasteiger partial charge < -0.3 is 5.32 Å². The van der Waals surface area contributed by atoms with Gasteiger partial charge in [0.05, 0.1) is 16.6 Å². The Bertz CT molecular complexity index is 523. The molecule has 17 heavy (non-hydrogen) atoms. The summed E-state index contributed by atoms with van der Waals surface area (Å²) in [5.74, 6) is -0.124. The number of nitrogens with one attached hydrogen (secondary N) is 1. The third kappa shape index (κ3) is 3.02. The van der Waals surface area contributed by atoms with Gasteiger partial charge in [-0.15, -0.1) is 16.4 Å². The smallest absolute Gasteiger partial charge is 0.265 e. The molecule has 0 spiro atoms. The molecule has 0 atom stereocenters. The molecule has 1 amide bonds. The Hall–Kier alpha value is -0.980. The van der Waals surface area contributed by atoms with Crippen LogP contribution in [0.5, 0.6) is 0 Å². The number of amides is 1. The first-order chi connectivity index (χ1) is 8.20. The zero-order valence-corrected chi connectivity index (χ0v) is 11.5. The number of thiophene rings is 1. The molecule has 0 aliphatic rings. The SMILES string of the molecule is CCc1nnsc1C(=O)NCc1ccc(Cl)s1. The highest BCUT2D eigenvalue weighted by molar-refractivity contribution is 7.16. The molecule has 2 aromatic rings. The number of carbonyl (C=O) groups is 1. The molecule has 0 fully saturated rings. The summed E-state index contributed by atoms with van der Waals surface area (Å²) in [6, 6.07) is 3.72. The van der Waals surface area contributed by atoms with Crippen molar-refractivity contribution < 1.29 is 4.79 Å². The van der Waals surface area contributed by atoms with Crippen molar-refractivity contribution in [3.05, 3.63) is 31.9 Å². The second-order valence-electron chi connectivity index (χ2n) is 3.29. The molecule has 7 heteroatoms. The van der Waals surface area contributed by atoms with Crippen LogP contribution in [-0.2, 0) is 13.0 Å². The van der Waals surface area contributed by atoms with Gasteiger partial charge in [0.15, 0.2) is 0 Å². The van der Waals surface area contributed by atoms with Crippen LogP contribution in [0.2, 0.25) is 4.34 Å².